The Hall–Kier alpha value is -0.810. The molecule has 2 amide bonds. The van der Waals surface area contributed by atoms with Crippen molar-refractivity contribution in [2.75, 3.05) is 6.54 Å². The lowest BCUT2D eigenvalue weighted by Crippen LogP contribution is -2.54. The highest BCUT2D eigenvalue weighted by Gasteiger charge is 2.35. The van der Waals surface area contributed by atoms with Crippen LogP contribution in [-0.2, 0) is 9.59 Å². The molecule has 0 spiro atoms. The zero-order valence-electron chi connectivity index (χ0n) is 17.5. The van der Waals surface area contributed by atoms with Crippen LogP contribution in [0, 0.1) is 11.8 Å². The van der Waals surface area contributed by atoms with Gasteiger partial charge in [0, 0.05) is 37.0 Å². The first kappa shape index (κ1) is 23.5. The third-order valence-corrected chi connectivity index (χ3v) is 7.08. The van der Waals surface area contributed by atoms with Crippen LogP contribution in [0.15, 0.2) is 0 Å². The van der Waals surface area contributed by atoms with Crippen LogP contribution in [0.1, 0.15) is 90.4 Å². The number of halogens is 1. The predicted octanol–water partition coefficient (Wildman–Crippen LogP) is 3.78. The van der Waals surface area contributed by atoms with Crippen molar-refractivity contribution in [1.82, 2.24) is 10.2 Å². The Morgan fingerprint density at radius 2 is 1.61 bits per heavy atom. The molecule has 0 aromatic carbocycles. The Bertz CT molecular complexity index is 500. The van der Waals surface area contributed by atoms with E-state index in [1.807, 2.05) is 6.92 Å². The monoisotopic (exact) mass is 413 g/mol. The van der Waals surface area contributed by atoms with Gasteiger partial charge in [0.2, 0.25) is 11.8 Å². The smallest absolute Gasteiger partial charge is 0.225 e. The topological polar surface area (TPSA) is 75.4 Å². The lowest BCUT2D eigenvalue weighted by atomic mass is 9.83. The first-order chi connectivity index (χ1) is 13.0. The number of amides is 2. The van der Waals surface area contributed by atoms with E-state index in [-0.39, 0.29) is 42.4 Å². The van der Waals surface area contributed by atoms with Crippen LogP contribution in [0.4, 0.5) is 0 Å². The largest absolute Gasteiger partial charge is 0.353 e. The summed E-state index contributed by atoms with van der Waals surface area (Å²) in [5.74, 6) is 1.25. The van der Waals surface area contributed by atoms with Crippen molar-refractivity contribution < 1.29 is 9.59 Å². The van der Waals surface area contributed by atoms with E-state index < -0.39 is 0 Å². The van der Waals surface area contributed by atoms with Gasteiger partial charge in [-0.05, 0) is 70.6 Å². The molecule has 3 N–H and O–H groups in total. The summed E-state index contributed by atoms with van der Waals surface area (Å²) in [6.45, 7) is 2.89. The molecule has 2 unspecified atom stereocenters. The van der Waals surface area contributed by atoms with E-state index in [1.54, 1.807) is 0 Å². The van der Waals surface area contributed by atoms with Crippen LogP contribution in [0.25, 0.3) is 0 Å². The van der Waals surface area contributed by atoms with Crippen LogP contribution in [0.3, 0.4) is 0 Å². The van der Waals surface area contributed by atoms with Crippen LogP contribution >= 0.6 is 12.4 Å². The van der Waals surface area contributed by atoms with Crippen molar-refractivity contribution in [1.29, 1.82) is 0 Å². The second kappa shape index (κ2) is 11.4. The Morgan fingerprint density at radius 3 is 2.25 bits per heavy atom. The van der Waals surface area contributed by atoms with Gasteiger partial charge in [0.25, 0.3) is 0 Å². The molecule has 28 heavy (non-hydrogen) atoms. The van der Waals surface area contributed by atoms with Crippen molar-refractivity contribution in [3.63, 3.8) is 0 Å². The van der Waals surface area contributed by atoms with Gasteiger partial charge in [0.15, 0.2) is 0 Å². The molecule has 2 saturated carbocycles. The van der Waals surface area contributed by atoms with E-state index in [2.05, 4.69) is 10.2 Å². The zero-order chi connectivity index (χ0) is 19.2. The minimum atomic E-state index is 0. The second-order valence-corrected chi connectivity index (χ2v) is 9.28. The second-order valence-electron chi connectivity index (χ2n) is 9.28. The summed E-state index contributed by atoms with van der Waals surface area (Å²) >= 11 is 0. The Labute approximate surface area is 177 Å². The molecule has 3 rings (SSSR count). The molecule has 6 heteroatoms. The number of likely N-dealkylation sites (tertiary alicyclic amines) is 1. The van der Waals surface area contributed by atoms with Gasteiger partial charge in [-0.2, -0.15) is 0 Å². The number of carbonyl (C=O) groups excluding carboxylic acids is 2. The molecule has 0 aromatic heterocycles. The number of nitrogens with two attached hydrogens (primary N) is 1. The summed E-state index contributed by atoms with van der Waals surface area (Å²) in [7, 11) is 0. The van der Waals surface area contributed by atoms with Gasteiger partial charge in [0.05, 0.1) is 0 Å². The van der Waals surface area contributed by atoms with Gasteiger partial charge >= 0.3 is 0 Å². The maximum absolute atomic E-state index is 13.0. The molecular weight excluding hydrogens is 374 g/mol. The first-order valence-electron chi connectivity index (χ1n) is 11.4. The van der Waals surface area contributed by atoms with E-state index in [0.717, 1.165) is 45.1 Å². The maximum Gasteiger partial charge on any atom is 0.225 e. The van der Waals surface area contributed by atoms with Gasteiger partial charge in [-0.25, -0.2) is 0 Å². The average Bonchev–Trinajstić information content (AvgIpc) is 2.68. The van der Waals surface area contributed by atoms with Gasteiger partial charge in [-0.1, -0.05) is 19.3 Å². The summed E-state index contributed by atoms with van der Waals surface area (Å²) < 4.78 is 0. The number of carbonyl (C=O) groups is 2. The Balaban J connectivity index is 0.00000280. The fourth-order valence-corrected chi connectivity index (χ4v) is 5.44. The maximum atomic E-state index is 13.0. The quantitative estimate of drug-likeness (QED) is 0.720. The van der Waals surface area contributed by atoms with Crippen molar-refractivity contribution in [2.24, 2.45) is 17.6 Å². The normalized spacial score (nSPS) is 30.2. The standard InChI is InChI=1S/C22H39N3O2.ClH/c1-16(23)20-9-5-6-14-25(20)22(27)18-10-12-19(13-11-18)24-21(26)15-17-7-3-2-4-8-17;/h16-20H,2-15,23H2,1H3,(H,24,26);1H. The summed E-state index contributed by atoms with van der Waals surface area (Å²) in [5.41, 5.74) is 6.14. The van der Waals surface area contributed by atoms with Gasteiger partial charge in [-0.15, -0.1) is 12.4 Å². The minimum absolute atomic E-state index is 0. The fraction of sp³-hybridized carbons (Fsp3) is 0.909. The Kier molecular flexibility index (Phi) is 9.55. The van der Waals surface area contributed by atoms with E-state index in [0.29, 0.717) is 18.2 Å². The molecule has 2 aliphatic carbocycles. The number of nitrogens with one attached hydrogen (secondary N) is 1. The molecule has 0 bridgehead atoms. The van der Waals surface area contributed by atoms with Crippen molar-refractivity contribution in [3.8, 4) is 0 Å². The molecular formula is C22H40ClN3O2. The molecule has 0 radical (unpaired) electrons. The highest BCUT2D eigenvalue weighted by atomic mass is 35.5. The summed E-state index contributed by atoms with van der Waals surface area (Å²) in [5, 5.41) is 3.25. The lowest BCUT2D eigenvalue weighted by molar-refractivity contribution is -0.141. The van der Waals surface area contributed by atoms with Gasteiger partial charge in [0.1, 0.15) is 0 Å². The van der Waals surface area contributed by atoms with E-state index in [1.165, 1.54) is 38.5 Å². The number of hydrogen-bond donors (Lipinski definition) is 2. The summed E-state index contributed by atoms with van der Waals surface area (Å²) in [6.07, 6.45) is 14.0. The van der Waals surface area contributed by atoms with Crippen LogP contribution < -0.4 is 11.1 Å². The van der Waals surface area contributed by atoms with E-state index in [4.69, 9.17) is 5.73 Å². The van der Waals surface area contributed by atoms with Crippen molar-refractivity contribution in [2.45, 2.75) is 109 Å². The molecule has 1 saturated heterocycles. The minimum Gasteiger partial charge on any atom is -0.353 e. The fourth-order valence-electron chi connectivity index (χ4n) is 5.44. The molecule has 2 atom stereocenters. The van der Waals surface area contributed by atoms with Crippen LogP contribution in [0.5, 0.6) is 0 Å². The summed E-state index contributed by atoms with van der Waals surface area (Å²) in [4.78, 5) is 27.5. The number of hydrogen-bond acceptors (Lipinski definition) is 3. The molecule has 5 nitrogen and oxygen atoms in total. The highest BCUT2D eigenvalue weighted by Crippen LogP contribution is 2.30. The van der Waals surface area contributed by atoms with E-state index >= 15 is 0 Å². The third-order valence-electron chi connectivity index (χ3n) is 7.08. The van der Waals surface area contributed by atoms with Crippen molar-refractivity contribution >= 4 is 24.2 Å². The average molecular weight is 414 g/mol. The molecule has 1 heterocycles. The van der Waals surface area contributed by atoms with Crippen LogP contribution in [-0.4, -0.2) is 41.4 Å². The molecule has 3 fully saturated rings. The lowest BCUT2D eigenvalue weighted by Gasteiger charge is -2.41. The summed E-state index contributed by atoms with van der Waals surface area (Å²) in [6, 6.07) is 0.513. The third kappa shape index (κ3) is 6.35. The first-order valence-corrected chi connectivity index (χ1v) is 11.4. The number of rotatable bonds is 5. The van der Waals surface area contributed by atoms with E-state index in [9.17, 15) is 9.59 Å². The van der Waals surface area contributed by atoms with Crippen molar-refractivity contribution in [3.05, 3.63) is 0 Å². The van der Waals surface area contributed by atoms with Gasteiger partial charge in [-0.3, -0.25) is 9.59 Å². The molecule has 0 aromatic rings. The zero-order valence-corrected chi connectivity index (χ0v) is 18.4. The highest BCUT2D eigenvalue weighted by molar-refractivity contribution is 5.85. The molecule has 1 aliphatic heterocycles. The molecule has 162 valence electrons. The van der Waals surface area contributed by atoms with Crippen LogP contribution in [0.2, 0.25) is 0 Å². The number of nitrogens with zero attached hydrogens (tertiary/aromatic N) is 1. The predicted molar refractivity (Wildman–Crippen MR) is 115 cm³/mol. The molecule has 3 aliphatic rings. The number of piperidine rings is 1. The Morgan fingerprint density at radius 1 is 0.964 bits per heavy atom. The SMILES string of the molecule is CC(N)C1CCCCN1C(=O)C1CCC(NC(=O)CC2CCCCC2)CC1.Cl. The van der Waals surface area contributed by atoms with Gasteiger partial charge < -0.3 is 16.0 Å².